The van der Waals surface area contributed by atoms with E-state index < -0.39 is 24.2 Å². The van der Waals surface area contributed by atoms with Crippen molar-refractivity contribution in [2.24, 2.45) is 0 Å². The lowest BCUT2D eigenvalue weighted by molar-refractivity contribution is -0.149. The van der Waals surface area contributed by atoms with Crippen LogP contribution in [0.4, 0.5) is 35.3 Å². The van der Waals surface area contributed by atoms with Gasteiger partial charge in [0.25, 0.3) is 5.91 Å². The van der Waals surface area contributed by atoms with Crippen LogP contribution in [0.5, 0.6) is 0 Å². The summed E-state index contributed by atoms with van der Waals surface area (Å²) in [6, 6.07) is 3.70. The fraction of sp³-hybridized carbons (Fsp3) is 0.368. The molecule has 0 spiro atoms. The zero-order valence-electron chi connectivity index (χ0n) is 16.3. The predicted octanol–water partition coefficient (Wildman–Crippen LogP) is 3.44. The Kier molecular flexibility index (Phi) is 5.38. The molecular formula is C19H18ClF3N6O2. The van der Waals surface area contributed by atoms with Gasteiger partial charge in [-0.3, -0.25) is 15.0 Å². The van der Waals surface area contributed by atoms with Crippen LogP contribution in [-0.2, 0) is 0 Å². The van der Waals surface area contributed by atoms with Gasteiger partial charge < -0.3 is 10.2 Å². The quantitative estimate of drug-likeness (QED) is 0.741. The zero-order chi connectivity index (χ0) is 22.3. The Morgan fingerprint density at radius 1 is 1.32 bits per heavy atom. The third kappa shape index (κ3) is 4.09. The number of rotatable bonds is 3. The van der Waals surface area contributed by atoms with E-state index in [1.165, 1.54) is 17.2 Å². The van der Waals surface area contributed by atoms with E-state index in [1.54, 1.807) is 18.2 Å². The van der Waals surface area contributed by atoms with Crippen molar-refractivity contribution in [3.8, 4) is 0 Å². The van der Waals surface area contributed by atoms with Gasteiger partial charge in [0.05, 0.1) is 16.8 Å². The first-order chi connectivity index (χ1) is 14.6. The zero-order valence-corrected chi connectivity index (χ0v) is 17.0. The van der Waals surface area contributed by atoms with Crippen LogP contribution < -0.4 is 20.4 Å². The van der Waals surface area contributed by atoms with Gasteiger partial charge in [-0.2, -0.15) is 13.2 Å². The van der Waals surface area contributed by atoms with Gasteiger partial charge in [-0.05, 0) is 31.5 Å². The number of nitrogens with one attached hydrogen (secondary N) is 2. The summed E-state index contributed by atoms with van der Waals surface area (Å²) in [5.74, 6) is -0.576. The van der Waals surface area contributed by atoms with E-state index in [1.807, 2.05) is 10.2 Å². The molecule has 4 rings (SSSR count). The average Bonchev–Trinajstić information content (AvgIpc) is 3.13. The molecule has 2 aromatic heterocycles. The van der Waals surface area contributed by atoms with E-state index in [9.17, 15) is 22.8 Å². The Morgan fingerprint density at radius 2 is 2.10 bits per heavy atom. The standard InChI is InChI=1S/C19H18ClF3N6O2/c1-10(19(21,22)23)25-17(30)15-12(20)8-13-16(27-15)29(11-5-7-28(13)9-11)18(31)26-14-4-2-3-6-24-14/h2-4,6,8,10-11H,5,7,9H2,1H3,(H,25,30)(H,24,26,31)/t10?,11-/m0/s1. The van der Waals surface area contributed by atoms with Gasteiger partial charge in [0.15, 0.2) is 5.82 Å². The smallest absolute Gasteiger partial charge is 0.366 e. The largest absolute Gasteiger partial charge is 0.408 e. The Morgan fingerprint density at radius 3 is 2.77 bits per heavy atom. The molecule has 12 heteroatoms. The Balaban J connectivity index is 1.68. The number of aromatic nitrogens is 2. The van der Waals surface area contributed by atoms with Crippen molar-refractivity contribution in [1.29, 1.82) is 0 Å². The van der Waals surface area contributed by atoms with Crippen molar-refractivity contribution in [2.75, 3.05) is 28.2 Å². The molecular weight excluding hydrogens is 437 g/mol. The van der Waals surface area contributed by atoms with E-state index in [2.05, 4.69) is 15.3 Å². The first-order valence-electron chi connectivity index (χ1n) is 9.49. The minimum atomic E-state index is -4.62. The molecule has 1 unspecified atom stereocenters. The average molecular weight is 455 g/mol. The predicted molar refractivity (Wildman–Crippen MR) is 109 cm³/mol. The molecule has 0 aromatic carbocycles. The third-order valence-electron chi connectivity index (χ3n) is 5.21. The lowest BCUT2D eigenvalue weighted by Crippen LogP contribution is -2.49. The van der Waals surface area contributed by atoms with Gasteiger partial charge in [-0.1, -0.05) is 17.7 Å². The summed E-state index contributed by atoms with van der Waals surface area (Å²) >= 11 is 6.19. The molecule has 0 saturated carbocycles. The minimum absolute atomic E-state index is 0.0962. The lowest BCUT2D eigenvalue weighted by Gasteiger charge is -2.36. The maximum atomic E-state index is 13.0. The summed E-state index contributed by atoms with van der Waals surface area (Å²) in [5.41, 5.74) is 0.157. The number of pyridine rings is 2. The van der Waals surface area contributed by atoms with Gasteiger partial charge in [0, 0.05) is 19.3 Å². The molecule has 2 N–H and O–H groups in total. The summed E-state index contributed by atoms with van der Waals surface area (Å²) in [4.78, 5) is 37.2. The molecule has 164 valence electrons. The fourth-order valence-electron chi connectivity index (χ4n) is 3.60. The highest BCUT2D eigenvalue weighted by Crippen LogP contribution is 2.41. The topological polar surface area (TPSA) is 90.5 Å². The van der Waals surface area contributed by atoms with Crippen LogP contribution in [0.1, 0.15) is 23.8 Å². The summed E-state index contributed by atoms with van der Waals surface area (Å²) in [6.45, 7) is 2.03. The molecule has 1 saturated heterocycles. The van der Waals surface area contributed by atoms with E-state index >= 15 is 0 Å². The van der Waals surface area contributed by atoms with Crippen molar-refractivity contribution >= 4 is 40.9 Å². The van der Waals surface area contributed by atoms with Crippen LogP contribution in [0.2, 0.25) is 5.02 Å². The van der Waals surface area contributed by atoms with E-state index in [-0.39, 0.29) is 22.6 Å². The van der Waals surface area contributed by atoms with Crippen molar-refractivity contribution < 1.29 is 22.8 Å². The molecule has 2 aromatic rings. The number of nitrogens with zero attached hydrogens (tertiary/aromatic N) is 4. The molecule has 2 aliphatic rings. The monoisotopic (exact) mass is 454 g/mol. The molecule has 2 atom stereocenters. The van der Waals surface area contributed by atoms with Crippen molar-refractivity contribution in [3.63, 3.8) is 0 Å². The number of carbonyl (C=O) groups is 2. The number of amides is 3. The van der Waals surface area contributed by atoms with Crippen LogP contribution in [0, 0.1) is 0 Å². The highest BCUT2D eigenvalue weighted by atomic mass is 35.5. The van der Waals surface area contributed by atoms with Gasteiger partial charge >= 0.3 is 12.2 Å². The van der Waals surface area contributed by atoms with Gasteiger partial charge in [-0.25, -0.2) is 14.8 Å². The molecule has 31 heavy (non-hydrogen) atoms. The molecule has 2 bridgehead atoms. The number of hydrogen-bond donors (Lipinski definition) is 2. The number of carbonyl (C=O) groups excluding carboxylic acids is 2. The van der Waals surface area contributed by atoms with Gasteiger partial charge in [0.1, 0.15) is 17.6 Å². The van der Waals surface area contributed by atoms with Crippen LogP contribution in [-0.4, -0.2) is 53.3 Å². The SMILES string of the molecule is CC(NC(=O)c1nc2c(cc1Cl)N1CC[C@@H](C1)N2C(=O)Nc1ccccn1)C(F)(F)F. The van der Waals surface area contributed by atoms with Crippen LogP contribution in [0.3, 0.4) is 0 Å². The normalized spacial score (nSPS) is 18.4. The highest BCUT2D eigenvalue weighted by Gasteiger charge is 2.42. The summed E-state index contributed by atoms with van der Waals surface area (Å²) in [5, 5.41) is 4.44. The molecule has 3 amide bonds. The lowest BCUT2D eigenvalue weighted by atomic mass is 10.1. The van der Waals surface area contributed by atoms with Crippen LogP contribution >= 0.6 is 11.6 Å². The second kappa shape index (κ2) is 7.88. The summed E-state index contributed by atoms with van der Waals surface area (Å²) in [6.07, 6.45) is -2.43. The molecule has 2 aliphatic heterocycles. The van der Waals surface area contributed by atoms with E-state index in [0.717, 1.165) is 6.92 Å². The first kappa shape index (κ1) is 21.2. The van der Waals surface area contributed by atoms with Crippen LogP contribution in [0.15, 0.2) is 30.5 Å². The first-order valence-corrected chi connectivity index (χ1v) is 9.87. The Hall–Kier alpha value is -3.08. The van der Waals surface area contributed by atoms with Gasteiger partial charge in [0.2, 0.25) is 0 Å². The summed E-state index contributed by atoms with van der Waals surface area (Å²) < 4.78 is 38.5. The number of halogens is 4. The van der Waals surface area contributed by atoms with Crippen LogP contribution in [0.25, 0.3) is 0 Å². The second-order valence-electron chi connectivity index (χ2n) is 7.30. The number of hydrogen-bond acceptors (Lipinski definition) is 5. The van der Waals surface area contributed by atoms with E-state index in [0.29, 0.717) is 31.0 Å². The molecule has 0 radical (unpaired) electrons. The number of fused-ring (bicyclic) bond motifs is 4. The number of anilines is 3. The number of urea groups is 1. The highest BCUT2D eigenvalue weighted by molar-refractivity contribution is 6.34. The third-order valence-corrected chi connectivity index (χ3v) is 5.49. The van der Waals surface area contributed by atoms with Crippen molar-refractivity contribution in [3.05, 3.63) is 41.2 Å². The molecule has 0 aliphatic carbocycles. The van der Waals surface area contributed by atoms with E-state index in [4.69, 9.17) is 11.6 Å². The molecule has 8 nitrogen and oxygen atoms in total. The maximum Gasteiger partial charge on any atom is 0.408 e. The second-order valence-corrected chi connectivity index (χ2v) is 7.71. The fourth-order valence-corrected chi connectivity index (χ4v) is 3.83. The van der Waals surface area contributed by atoms with Crippen molar-refractivity contribution in [1.82, 2.24) is 15.3 Å². The van der Waals surface area contributed by atoms with Gasteiger partial charge in [-0.15, -0.1) is 0 Å². The Labute approximate surface area is 180 Å². The van der Waals surface area contributed by atoms with Crippen molar-refractivity contribution in [2.45, 2.75) is 31.6 Å². The Bertz CT molecular complexity index is 1020. The minimum Gasteiger partial charge on any atom is -0.366 e. The molecule has 4 heterocycles. The summed E-state index contributed by atoms with van der Waals surface area (Å²) in [7, 11) is 0. The molecule has 1 fully saturated rings. The maximum absolute atomic E-state index is 13.0. The number of alkyl halides is 3.